The number of nitrogens with zero attached hydrogens (tertiary/aromatic N) is 4. The molecule has 0 saturated carbocycles. The fourth-order valence-corrected chi connectivity index (χ4v) is 1.93. The van der Waals surface area contributed by atoms with Gasteiger partial charge in [-0.25, -0.2) is 0 Å². The number of aromatic nitrogens is 4. The molecule has 0 unspecified atom stereocenters. The molecular formula is C13H13N5. The summed E-state index contributed by atoms with van der Waals surface area (Å²) in [6.45, 7) is 3.96. The van der Waals surface area contributed by atoms with Crippen LogP contribution in [0.25, 0.3) is 17.0 Å². The smallest absolute Gasteiger partial charge is 0.185 e. The first-order valence-electron chi connectivity index (χ1n) is 5.71. The van der Waals surface area contributed by atoms with Gasteiger partial charge in [0.05, 0.1) is 5.69 Å². The molecule has 0 saturated heterocycles. The van der Waals surface area contributed by atoms with Gasteiger partial charge in [0.15, 0.2) is 11.5 Å². The van der Waals surface area contributed by atoms with Crippen molar-refractivity contribution >= 4 is 11.3 Å². The van der Waals surface area contributed by atoms with Crippen LogP contribution in [-0.2, 0) is 0 Å². The van der Waals surface area contributed by atoms with E-state index < -0.39 is 0 Å². The Balaban J connectivity index is 2.31. The number of benzene rings is 1. The molecule has 2 N–H and O–H groups in total. The topological polar surface area (TPSA) is 69.1 Å². The lowest BCUT2D eigenvalue weighted by Crippen LogP contribution is -1.98. The van der Waals surface area contributed by atoms with E-state index >= 15 is 0 Å². The van der Waals surface area contributed by atoms with Crippen molar-refractivity contribution in [3.8, 4) is 11.4 Å². The van der Waals surface area contributed by atoms with Gasteiger partial charge in [-0.15, -0.1) is 10.2 Å². The highest BCUT2D eigenvalue weighted by Gasteiger charge is 2.11. The van der Waals surface area contributed by atoms with Crippen LogP contribution >= 0.6 is 0 Å². The van der Waals surface area contributed by atoms with Crippen molar-refractivity contribution in [1.82, 2.24) is 19.8 Å². The summed E-state index contributed by atoms with van der Waals surface area (Å²) in [5.41, 5.74) is 10.3. The van der Waals surface area contributed by atoms with Crippen LogP contribution in [0, 0.1) is 13.8 Å². The van der Waals surface area contributed by atoms with Gasteiger partial charge in [0, 0.05) is 11.3 Å². The fraction of sp³-hybridized carbons (Fsp3) is 0.154. The molecule has 0 radical (unpaired) electrons. The second-order valence-corrected chi connectivity index (χ2v) is 4.34. The third-order valence-corrected chi connectivity index (χ3v) is 2.90. The van der Waals surface area contributed by atoms with E-state index in [2.05, 4.69) is 15.3 Å². The second-order valence-electron chi connectivity index (χ2n) is 4.34. The van der Waals surface area contributed by atoms with Crippen molar-refractivity contribution in [2.75, 3.05) is 5.73 Å². The van der Waals surface area contributed by atoms with Gasteiger partial charge in [-0.2, -0.15) is 9.61 Å². The Kier molecular flexibility index (Phi) is 2.26. The van der Waals surface area contributed by atoms with E-state index in [1.54, 1.807) is 4.52 Å². The first-order chi connectivity index (χ1) is 8.65. The normalized spacial score (nSPS) is 11.0. The molecular weight excluding hydrogens is 226 g/mol. The van der Waals surface area contributed by atoms with E-state index in [9.17, 15) is 0 Å². The lowest BCUT2D eigenvalue weighted by molar-refractivity contribution is 0.901. The van der Waals surface area contributed by atoms with Crippen LogP contribution in [-0.4, -0.2) is 19.8 Å². The molecule has 0 amide bonds. The molecule has 1 aromatic carbocycles. The SMILES string of the molecule is Cc1ccc2nnc(-c3cc(N)ccc3C)n2n1. The minimum atomic E-state index is 0.708. The first kappa shape index (κ1) is 10.7. The van der Waals surface area contributed by atoms with Crippen molar-refractivity contribution in [1.29, 1.82) is 0 Å². The zero-order valence-corrected chi connectivity index (χ0v) is 10.3. The van der Waals surface area contributed by atoms with Gasteiger partial charge in [0.1, 0.15) is 0 Å². The molecule has 0 fully saturated rings. The Morgan fingerprint density at radius 3 is 2.72 bits per heavy atom. The van der Waals surface area contributed by atoms with Crippen molar-refractivity contribution in [2.45, 2.75) is 13.8 Å². The third kappa shape index (κ3) is 1.60. The first-order valence-corrected chi connectivity index (χ1v) is 5.71. The third-order valence-electron chi connectivity index (χ3n) is 2.90. The van der Waals surface area contributed by atoms with Crippen LogP contribution in [0.5, 0.6) is 0 Å². The Bertz CT molecular complexity index is 729. The van der Waals surface area contributed by atoms with Crippen LogP contribution in [0.3, 0.4) is 0 Å². The quantitative estimate of drug-likeness (QED) is 0.659. The van der Waals surface area contributed by atoms with E-state index in [4.69, 9.17) is 5.73 Å². The minimum Gasteiger partial charge on any atom is -0.399 e. The molecule has 0 aliphatic heterocycles. The van der Waals surface area contributed by atoms with Crippen molar-refractivity contribution in [2.24, 2.45) is 0 Å². The molecule has 0 aliphatic rings. The Morgan fingerprint density at radius 2 is 1.89 bits per heavy atom. The predicted molar refractivity (Wildman–Crippen MR) is 70.1 cm³/mol. The number of rotatable bonds is 1. The zero-order chi connectivity index (χ0) is 12.7. The van der Waals surface area contributed by atoms with Gasteiger partial charge in [-0.3, -0.25) is 0 Å². The summed E-state index contributed by atoms with van der Waals surface area (Å²) in [5.74, 6) is 0.721. The summed E-state index contributed by atoms with van der Waals surface area (Å²) in [5, 5.41) is 12.8. The maximum Gasteiger partial charge on any atom is 0.185 e. The molecule has 5 heteroatoms. The number of hydrogen-bond donors (Lipinski definition) is 1. The van der Waals surface area contributed by atoms with Gasteiger partial charge in [0.25, 0.3) is 0 Å². The summed E-state index contributed by atoms with van der Waals surface area (Å²) in [6.07, 6.45) is 0. The Morgan fingerprint density at radius 1 is 1.06 bits per heavy atom. The summed E-state index contributed by atoms with van der Waals surface area (Å²) < 4.78 is 1.75. The number of nitrogens with two attached hydrogens (primary N) is 1. The number of anilines is 1. The van der Waals surface area contributed by atoms with Gasteiger partial charge in [0.2, 0.25) is 0 Å². The Labute approximate surface area is 104 Å². The van der Waals surface area contributed by atoms with E-state index in [-0.39, 0.29) is 0 Å². The predicted octanol–water partition coefficient (Wildman–Crippen LogP) is 1.99. The molecule has 0 spiro atoms. The molecule has 0 aliphatic carbocycles. The molecule has 0 atom stereocenters. The van der Waals surface area contributed by atoms with Crippen molar-refractivity contribution in [3.05, 3.63) is 41.6 Å². The second kappa shape index (κ2) is 3.80. The molecule has 18 heavy (non-hydrogen) atoms. The van der Waals surface area contributed by atoms with Crippen molar-refractivity contribution < 1.29 is 0 Å². The lowest BCUT2D eigenvalue weighted by atomic mass is 10.1. The van der Waals surface area contributed by atoms with Gasteiger partial charge in [-0.05, 0) is 43.7 Å². The highest BCUT2D eigenvalue weighted by molar-refractivity contribution is 5.67. The highest BCUT2D eigenvalue weighted by atomic mass is 15.4. The van der Waals surface area contributed by atoms with Crippen LogP contribution in [0.1, 0.15) is 11.3 Å². The molecule has 2 aromatic heterocycles. The summed E-state index contributed by atoms with van der Waals surface area (Å²) >= 11 is 0. The van der Waals surface area contributed by atoms with E-state index in [1.807, 2.05) is 44.2 Å². The standard InChI is InChI=1S/C13H13N5/c1-8-3-5-10(14)7-11(8)13-16-15-12-6-4-9(2)17-18(12)13/h3-7H,14H2,1-2H3. The summed E-state index contributed by atoms with van der Waals surface area (Å²) in [4.78, 5) is 0. The lowest BCUT2D eigenvalue weighted by Gasteiger charge is -2.05. The minimum absolute atomic E-state index is 0.708. The zero-order valence-electron chi connectivity index (χ0n) is 10.3. The largest absolute Gasteiger partial charge is 0.399 e. The number of aryl methyl sites for hydroxylation is 2. The summed E-state index contributed by atoms with van der Waals surface area (Å²) in [7, 11) is 0. The molecule has 3 aromatic rings. The van der Waals surface area contributed by atoms with Crippen molar-refractivity contribution in [3.63, 3.8) is 0 Å². The van der Waals surface area contributed by atoms with Gasteiger partial charge < -0.3 is 5.73 Å². The molecule has 90 valence electrons. The van der Waals surface area contributed by atoms with Crippen LogP contribution < -0.4 is 5.73 Å². The Hall–Kier alpha value is -2.43. The number of nitrogen functional groups attached to an aromatic ring is 1. The molecule has 2 heterocycles. The van der Waals surface area contributed by atoms with Gasteiger partial charge >= 0.3 is 0 Å². The number of fused-ring (bicyclic) bond motifs is 1. The average molecular weight is 239 g/mol. The number of hydrogen-bond acceptors (Lipinski definition) is 4. The van der Waals surface area contributed by atoms with E-state index in [0.29, 0.717) is 5.69 Å². The molecule has 0 bridgehead atoms. The average Bonchev–Trinajstić information content (AvgIpc) is 2.75. The molecule has 5 nitrogen and oxygen atoms in total. The highest BCUT2D eigenvalue weighted by Crippen LogP contribution is 2.23. The van der Waals surface area contributed by atoms with Crippen LogP contribution in [0.2, 0.25) is 0 Å². The monoisotopic (exact) mass is 239 g/mol. The van der Waals surface area contributed by atoms with Crippen LogP contribution in [0.15, 0.2) is 30.3 Å². The van der Waals surface area contributed by atoms with E-state index in [1.165, 1.54) is 0 Å². The maximum absolute atomic E-state index is 5.83. The van der Waals surface area contributed by atoms with Gasteiger partial charge in [-0.1, -0.05) is 6.07 Å². The summed E-state index contributed by atoms with van der Waals surface area (Å²) in [6, 6.07) is 9.57. The fourth-order valence-electron chi connectivity index (χ4n) is 1.93. The maximum atomic E-state index is 5.83. The van der Waals surface area contributed by atoms with E-state index in [0.717, 1.165) is 28.3 Å². The van der Waals surface area contributed by atoms with Crippen LogP contribution in [0.4, 0.5) is 5.69 Å². The molecule has 3 rings (SSSR count).